The minimum atomic E-state index is -0.735. The second kappa shape index (κ2) is 4.08. The molecule has 0 aliphatic rings. The van der Waals surface area contributed by atoms with Crippen LogP contribution in [0, 0.1) is 16.1 Å². The lowest BCUT2D eigenvalue weighted by Gasteiger charge is -1.94. The van der Waals surface area contributed by atoms with Gasteiger partial charge in [0.05, 0.1) is 4.92 Å². The van der Waals surface area contributed by atoms with Crippen LogP contribution < -0.4 is 0 Å². The maximum atomic E-state index is 12.8. The molecule has 0 aliphatic heterocycles. The summed E-state index contributed by atoms with van der Waals surface area (Å²) in [5, 5.41) is 9.93. The van der Waals surface area contributed by atoms with Crippen molar-refractivity contribution in [3.63, 3.8) is 0 Å². The van der Waals surface area contributed by atoms with Crippen LogP contribution in [0.4, 0.5) is 4.39 Å². The Bertz CT molecular complexity index is 368. The molecule has 1 heterocycles. The summed E-state index contributed by atoms with van der Waals surface area (Å²) < 4.78 is 13.4. The normalized spacial score (nSPS) is 10.6. The van der Waals surface area contributed by atoms with Crippen LogP contribution in [0.25, 0.3) is 6.08 Å². The van der Waals surface area contributed by atoms with Gasteiger partial charge in [0, 0.05) is 22.3 Å². The maximum absolute atomic E-state index is 12.8. The van der Waals surface area contributed by atoms with Crippen molar-refractivity contribution in [2.45, 2.75) is 0 Å². The summed E-state index contributed by atoms with van der Waals surface area (Å²) in [4.78, 5) is 12.6. The molecule has 6 heteroatoms. The number of nitro groups is 1. The minimum Gasteiger partial charge on any atom is -0.259 e. The zero-order chi connectivity index (χ0) is 9.84. The fourth-order valence-corrected chi connectivity index (χ4v) is 1.05. The van der Waals surface area contributed by atoms with Crippen molar-refractivity contribution < 1.29 is 9.31 Å². The summed E-state index contributed by atoms with van der Waals surface area (Å²) in [7, 11) is 0. The highest BCUT2D eigenvalue weighted by molar-refractivity contribution is 9.10. The molecule has 0 aromatic carbocycles. The first kappa shape index (κ1) is 9.79. The first-order valence-electron chi connectivity index (χ1n) is 3.22. The first-order valence-corrected chi connectivity index (χ1v) is 4.01. The standard InChI is InChI=1S/C7H4BrFN2O2/c8-6-3-5(1-2-11(12)13)7(9)10-4-6/h1-4H/b2-1+. The zero-order valence-electron chi connectivity index (χ0n) is 6.28. The molecule has 0 saturated carbocycles. The summed E-state index contributed by atoms with van der Waals surface area (Å²) in [6.45, 7) is 0. The second-order valence-corrected chi connectivity index (χ2v) is 3.05. The smallest absolute Gasteiger partial charge is 0.235 e. The van der Waals surface area contributed by atoms with Gasteiger partial charge in [-0.2, -0.15) is 4.39 Å². The van der Waals surface area contributed by atoms with E-state index in [4.69, 9.17) is 0 Å². The molecule has 68 valence electrons. The van der Waals surface area contributed by atoms with E-state index in [0.717, 1.165) is 6.08 Å². The monoisotopic (exact) mass is 246 g/mol. The lowest BCUT2D eigenvalue weighted by molar-refractivity contribution is -0.400. The summed E-state index contributed by atoms with van der Waals surface area (Å²) in [5.41, 5.74) is 0.0751. The van der Waals surface area contributed by atoms with Crippen LogP contribution >= 0.6 is 15.9 Å². The van der Waals surface area contributed by atoms with Gasteiger partial charge >= 0.3 is 0 Å². The number of pyridine rings is 1. The number of hydrogen-bond acceptors (Lipinski definition) is 3. The molecule has 0 N–H and O–H groups in total. The summed E-state index contributed by atoms with van der Waals surface area (Å²) in [6, 6.07) is 1.41. The van der Waals surface area contributed by atoms with Gasteiger partial charge < -0.3 is 0 Å². The van der Waals surface area contributed by atoms with Crippen LogP contribution in [0.3, 0.4) is 0 Å². The van der Waals surface area contributed by atoms with Gasteiger partial charge in [0.2, 0.25) is 12.1 Å². The Hall–Kier alpha value is -1.30. The van der Waals surface area contributed by atoms with Crippen LogP contribution in [0.1, 0.15) is 5.56 Å². The minimum absolute atomic E-state index is 0.0751. The summed E-state index contributed by atoms with van der Waals surface area (Å²) in [5.74, 6) is -0.735. The van der Waals surface area contributed by atoms with E-state index in [2.05, 4.69) is 20.9 Å². The van der Waals surface area contributed by atoms with Crippen molar-refractivity contribution >= 4 is 22.0 Å². The predicted octanol–water partition coefficient (Wildman–Crippen LogP) is 2.23. The average Bonchev–Trinajstić information content (AvgIpc) is 2.06. The van der Waals surface area contributed by atoms with E-state index in [-0.39, 0.29) is 5.56 Å². The predicted molar refractivity (Wildman–Crippen MR) is 47.9 cm³/mol. The van der Waals surface area contributed by atoms with Crippen molar-refractivity contribution in [1.82, 2.24) is 4.98 Å². The molecule has 0 bridgehead atoms. The van der Waals surface area contributed by atoms with Gasteiger partial charge in [0.15, 0.2) is 0 Å². The molecule has 0 fully saturated rings. The molecule has 1 aromatic heterocycles. The third-order valence-corrected chi connectivity index (χ3v) is 1.64. The van der Waals surface area contributed by atoms with Gasteiger partial charge in [-0.3, -0.25) is 10.1 Å². The molecule has 4 nitrogen and oxygen atoms in total. The fraction of sp³-hybridized carbons (Fsp3) is 0. The van der Waals surface area contributed by atoms with Gasteiger partial charge in [-0.05, 0) is 22.0 Å². The van der Waals surface area contributed by atoms with Crippen molar-refractivity contribution in [2.24, 2.45) is 0 Å². The Morgan fingerprint density at radius 2 is 2.38 bits per heavy atom. The van der Waals surface area contributed by atoms with Crippen molar-refractivity contribution in [2.75, 3.05) is 0 Å². The van der Waals surface area contributed by atoms with E-state index in [9.17, 15) is 14.5 Å². The Morgan fingerprint density at radius 3 is 3.00 bits per heavy atom. The van der Waals surface area contributed by atoms with E-state index in [1.165, 1.54) is 12.3 Å². The maximum Gasteiger partial charge on any atom is 0.235 e. The molecule has 0 atom stereocenters. The number of aromatic nitrogens is 1. The van der Waals surface area contributed by atoms with E-state index in [1.54, 1.807) is 0 Å². The SMILES string of the molecule is O=[N+]([O-])/C=C/c1cc(Br)cnc1F. The molecule has 0 spiro atoms. The van der Waals surface area contributed by atoms with Gasteiger partial charge in [0.1, 0.15) is 0 Å². The quantitative estimate of drug-likeness (QED) is 0.457. The zero-order valence-corrected chi connectivity index (χ0v) is 7.86. The highest BCUT2D eigenvalue weighted by atomic mass is 79.9. The molecule has 1 rings (SSSR count). The number of nitrogens with zero attached hydrogens (tertiary/aromatic N) is 2. The highest BCUT2D eigenvalue weighted by Gasteiger charge is 2.01. The molecule has 0 saturated heterocycles. The van der Waals surface area contributed by atoms with Gasteiger partial charge in [-0.15, -0.1) is 0 Å². The van der Waals surface area contributed by atoms with Crippen molar-refractivity contribution in [3.8, 4) is 0 Å². The van der Waals surface area contributed by atoms with E-state index in [1.807, 2.05) is 0 Å². The van der Waals surface area contributed by atoms with Crippen LogP contribution in [-0.2, 0) is 0 Å². The van der Waals surface area contributed by atoms with Crippen LogP contribution in [0.2, 0.25) is 0 Å². The fourth-order valence-electron chi connectivity index (χ4n) is 0.696. The van der Waals surface area contributed by atoms with Gasteiger partial charge in [-0.1, -0.05) is 0 Å². The van der Waals surface area contributed by atoms with E-state index < -0.39 is 10.9 Å². The van der Waals surface area contributed by atoms with Crippen molar-refractivity contribution in [1.29, 1.82) is 0 Å². The van der Waals surface area contributed by atoms with Crippen molar-refractivity contribution in [3.05, 3.63) is 44.6 Å². The van der Waals surface area contributed by atoms with Gasteiger partial charge in [0.25, 0.3) is 0 Å². The van der Waals surface area contributed by atoms with Crippen LogP contribution in [0.5, 0.6) is 0 Å². The molecule has 0 amide bonds. The largest absolute Gasteiger partial charge is 0.259 e. The molecule has 13 heavy (non-hydrogen) atoms. The molecule has 0 radical (unpaired) electrons. The second-order valence-electron chi connectivity index (χ2n) is 2.13. The van der Waals surface area contributed by atoms with Crippen LogP contribution in [-0.4, -0.2) is 9.91 Å². The number of halogens is 2. The average molecular weight is 247 g/mol. The summed E-state index contributed by atoms with van der Waals surface area (Å²) in [6.07, 6.45) is 2.98. The lowest BCUT2D eigenvalue weighted by Crippen LogP contribution is -1.89. The van der Waals surface area contributed by atoms with E-state index in [0.29, 0.717) is 10.7 Å². The Balaban J connectivity index is 3.00. The Kier molecular flexibility index (Phi) is 3.07. The molecule has 0 aliphatic carbocycles. The third kappa shape index (κ3) is 2.90. The Morgan fingerprint density at radius 1 is 1.69 bits per heavy atom. The van der Waals surface area contributed by atoms with Gasteiger partial charge in [-0.25, -0.2) is 4.98 Å². The molecule has 0 unspecified atom stereocenters. The molecular weight excluding hydrogens is 243 g/mol. The Labute approximate surface area is 81.4 Å². The summed E-state index contributed by atoms with van der Waals surface area (Å²) >= 11 is 3.07. The lowest BCUT2D eigenvalue weighted by atomic mass is 10.3. The van der Waals surface area contributed by atoms with Crippen LogP contribution in [0.15, 0.2) is 22.9 Å². The number of rotatable bonds is 2. The third-order valence-electron chi connectivity index (χ3n) is 1.21. The highest BCUT2D eigenvalue weighted by Crippen LogP contribution is 2.13. The molecular formula is C7H4BrFN2O2. The van der Waals surface area contributed by atoms with E-state index >= 15 is 0 Å². The first-order chi connectivity index (χ1) is 6.09. The molecule has 1 aromatic rings. The topological polar surface area (TPSA) is 56.0 Å². The number of hydrogen-bond donors (Lipinski definition) is 0.